The summed E-state index contributed by atoms with van der Waals surface area (Å²) in [6, 6.07) is 0. The van der Waals surface area contributed by atoms with Crippen LogP contribution in [0.25, 0.3) is 0 Å². The van der Waals surface area contributed by atoms with Gasteiger partial charge in [-0.1, -0.05) is 104 Å². The molecule has 3 nitrogen and oxygen atoms in total. The summed E-state index contributed by atoms with van der Waals surface area (Å²) < 4.78 is 16.7. The minimum atomic E-state index is -3.35. The zero-order valence-corrected chi connectivity index (χ0v) is 16.8. The third kappa shape index (κ3) is 15.4. The average molecular weight is 349 g/mol. The molecule has 0 aliphatic rings. The molecule has 0 saturated carbocycles. The van der Waals surface area contributed by atoms with E-state index in [-0.39, 0.29) is 5.66 Å². The molecule has 1 N–H and O–H groups in total. The van der Waals surface area contributed by atoms with Crippen LogP contribution < -0.4 is 0 Å². The number of hydrogen-bond donors (Lipinski definition) is 1. The summed E-state index contributed by atoms with van der Waals surface area (Å²) in [6.45, 7) is 6.14. The Morgan fingerprint density at radius 2 is 1.09 bits per heavy atom. The maximum atomic E-state index is 11.6. The van der Waals surface area contributed by atoms with E-state index in [9.17, 15) is 9.46 Å². The van der Waals surface area contributed by atoms with Gasteiger partial charge in [0.15, 0.2) is 0 Å². The highest BCUT2D eigenvalue weighted by Gasteiger charge is 2.23. The van der Waals surface area contributed by atoms with Gasteiger partial charge in [-0.15, -0.1) is 0 Å². The van der Waals surface area contributed by atoms with E-state index in [0.717, 1.165) is 12.8 Å². The molecule has 0 aromatic heterocycles. The molecule has 0 spiro atoms. The topological polar surface area (TPSA) is 46.5 Å². The van der Waals surface area contributed by atoms with Crippen molar-refractivity contribution in [2.75, 3.05) is 6.61 Å². The predicted octanol–water partition coefficient (Wildman–Crippen LogP) is 7.08. The minimum absolute atomic E-state index is 0.297. The molecular weight excluding hydrogens is 307 g/mol. The molecule has 0 aromatic rings. The lowest BCUT2D eigenvalue weighted by Gasteiger charge is -2.15. The van der Waals surface area contributed by atoms with Crippen molar-refractivity contribution in [1.82, 2.24) is 0 Å². The van der Waals surface area contributed by atoms with Crippen molar-refractivity contribution >= 4 is 7.60 Å². The lowest BCUT2D eigenvalue weighted by Crippen LogP contribution is -2.02. The van der Waals surface area contributed by atoms with Gasteiger partial charge < -0.3 is 9.42 Å². The van der Waals surface area contributed by atoms with E-state index in [2.05, 4.69) is 6.92 Å². The van der Waals surface area contributed by atoms with E-state index >= 15 is 0 Å². The van der Waals surface area contributed by atoms with Crippen LogP contribution in [-0.4, -0.2) is 17.2 Å². The molecule has 0 fully saturated rings. The Balaban J connectivity index is 3.15. The second-order valence-electron chi connectivity index (χ2n) is 7.09. The van der Waals surface area contributed by atoms with Gasteiger partial charge in [-0.3, -0.25) is 4.57 Å². The summed E-state index contributed by atoms with van der Waals surface area (Å²) in [5, 5.41) is 0. The Labute approximate surface area is 145 Å². The molecule has 0 amide bonds. The van der Waals surface area contributed by atoms with Gasteiger partial charge in [0, 0.05) is 0 Å². The normalized spacial score (nSPS) is 14.3. The van der Waals surface area contributed by atoms with Crippen molar-refractivity contribution in [3.63, 3.8) is 0 Å². The molecule has 0 aliphatic heterocycles. The van der Waals surface area contributed by atoms with Gasteiger partial charge in [0.1, 0.15) is 0 Å². The standard InChI is InChI=1S/C19H41O3P/c1-4-5-6-7-8-9-10-11-12-13-14-15-16-17-18-22-23(20,21)19(2)3/h19H,4-18H2,1-3H3,(H,20,21). The Kier molecular flexibility index (Phi) is 15.8. The summed E-state index contributed by atoms with van der Waals surface area (Å²) in [7, 11) is -3.35. The fourth-order valence-electron chi connectivity index (χ4n) is 2.64. The Bertz CT molecular complexity index is 292. The SMILES string of the molecule is CCCCCCCCCCCCCCCCOP(=O)(O)C(C)C. The Morgan fingerprint density at radius 3 is 1.43 bits per heavy atom. The second-order valence-corrected chi connectivity index (χ2v) is 9.51. The highest BCUT2D eigenvalue weighted by atomic mass is 31.2. The average Bonchev–Trinajstić information content (AvgIpc) is 2.51. The third-order valence-electron chi connectivity index (χ3n) is 4.43. The van der Waals surface area contributed by atoms with Crippen LogP contribution in [-0.2, 0) is 9.09 Å². The number of hydrogen-bond acceptors (Lipinski definition) is 2. The first-order valence-corrected chi connectivity index (χ1v) is 11.6. The van der Waals surface area contributed by atoms with Gasteiger partial charge in [0.25, 0.3) is 0 Å². The van der Waals surface area contributed by atoms with E-state index in [1.807, 2.05) is 0 Å². The summed E-state index contributed by atoms with van der Waals surface area (Å²) in [5.74, 6) is 0. The van der Waals surface area contributed by atoms with E-state index in [1.54, 1.807) is 13.8 Å². The van der Waals surface area contributed by atoms with Crippen LogP contribution in [0.4, 0.5) is 0 Å². The van der Waals surface area contributed by atoms with E-state index < -0.39 is 7.60 Å². The van der Waals surface area contributed by atoms with Crippen LogP contribution in [0.5, 0.6) is 0 Å². The van der Waals surface area contributed by atoms with E-state index in [0.29, 0.717) is 6.61 Å². The fourth-order valence-corrected chi connectivity index (χ4v) is 3.33. The number of unbranched alkanes of at least 4 members (excludes halogenated alkanes) is 13. The molecule has 0 radical (unpaired) electrons. The molecule has 4 heteroatoms. The smallest absolute Gasteiger partial charge is 0.324 e. The Morgan fingerprint density at radius 1 is 0.739 bits per heavy atom. The summed E-state index contributed by atoms with van der Waals surface area (Å²) >= 11 is 0. The molecule has 0 saturated heterocycles. The van der Waals surface area contributed by atoms with Gasteiger partial charge in [0.05, 0.1) is 12.3 Å². The van der Waals surface area contributed by atoms with Gasteiger partial charge in [-0.2, -0.15) is 0 Å². The maximum Gasteiger partial charge on any atom is 0.330 e. The van der Waals surface area contributed by atoms with Crippen LogP contribution in [0.15, 0.2) is 0 Å². The van der Waals surface area contributed by atoms with Gasteiger partial charge in [-0.05, 0) is 6.42 Å². The molecule has 0 aromatic carbocycles. The van der Waals surface area contributed by atoms with Gasteiger partial charge in [0.2, 0.25) is 0 Å². The first-order chi connectivity index (χ1) is 11.0. The summed E-state index contributed by atoms with van der Waals surface area (Å²) in [4.78, 5) is 9.53. The zero-order valence-electron chi connectivity index (χ0n) is 15.9. The summed E-state index contributed by atoms with van der Waals surface area (Å²) in [6.07, 6.45) is 18.4. The maximum absolute atomic E-state index is 11.6. The van der Waals surface area contributed by atoms with Crippen LogP contribution >= 0.6 is 7.60 Å². The molecule has 1 unspecified atom stereocenters. The molecule has 140 valence electrons. The van der Waals surface area contributed by atoms with Crippen molar-refractivity contribution in [2.45, 2.75) is 116 Å². The van der Waals surface area contributed by atoms with Crippen LogP contribution in [0.3, 0.4) is 0 Å². The van der Waals surface area contributed by atoms with Crippen molar-refractivity contribution in [3.8, 4) is 0 Å². The molecule has 0 bridgehead atoms. The second kappa shape index (κ2) is 15.7. The zero-order chi connectivity index (χ0) is 17.4. The fraction of sp³-hybridized carbons (Fsp3) is 1.00. The highest BCUT2D eigenvalue weighted by Crippen LogP contribution is 2.47. The lowest BCUT2D eigenvalue weighted by atomic mass is 10.0. The van der Waals surface area contributed by atoms with Crippen molar-refractivity contribution in [1.29, 1.82) is 0 Å². The van der Waals surface area contributed by atoms with Crippen LogP contribution in [0.1, 0.15) is 111 Å². The van der Waals surface area contributed by atoms with Crippen LogP contribution in [0.2, 0.25) is 0 Å². The highest BCUT2D eigenvalue weighted by molar-refractivity contribution is 7.53. The lowest BCUT2D eigenvalue weighted by molar-refractivity contribution is 0.247. The summed E-state index contributed by atoms with van der Waals surface area (Å²) in [5.41, 5.74) is -0.297. The van der Waals surface area contributed by atoms with Crippen molar-refractivity contribution < 1.29 is 14.0 Å². The Hall–Kier alpha value is 0.150. The molecular formula is C19H41O3P. The monoisotopic (exact) mass is 348 g/mol. The van der Waals surface area contributed by atoms with Crippen molar-refractivity contribution in [2.24, 2.45) is 0 Å². The van der Waals surface area contributed by atoms with E-state index in [4.69, 9.17) is 4.52 Å². The molecule has 0 rings (SSSR count). The number of rotatable bonds is 17. The minimum Gasteiger partial charge on any atom is -0.324 e. The third-order valence-corrected chi connectivity index (χ3v) is 6.28. The van der Waals surface area contributed by atoms with E-state index in [1.165, 1.54) is 77.0 Å². The van der Waals surface area contributed by atoms with Gasteiger partial charge >= 0.3 is 7.60 Å². The first kappa shape index (κ1) is 23.1. The molecule has 0 aliphatic carbocycles. The molecule has 0 heterocycles. The largest absolute Gasteiger partial charge is 0.330 e. The quantitative estimate of drug-likeness (QED) is 0.226. The van der Waals surface area contributed by atoms with Gasteiger partial charge in [-0.25, -0.2) is 0 Å². The first-order valence-electron chi connectivity index (χ1n) is 9.97. The predicted molar refractivity (Wildman–Crippen MR) is 101 cm³/mol. The molecule has 1 atom stereocenters. The van der Waals surface area contributed by atoms with Crippen molar-refractivity contribution in [3.05, 3.63) is 0 Å². The molecule has 23 heavy (non-hydrogen) atoms. The van der Waals surface area contributed by atoms with Crippen LogP contribution in [0, 0.1) is 0 Å².